The summed E-state index contributed by atoms with van der Waals surface area (Å²) < 4.78 is 34.6. The number of nitrogens with zero attached hydrogens (tertiary/aromatic N) is 3. The predicted octanol–water partition coefficient (Wildman–Crippen LogP) is 0.305. The number of aromatic nitrogens is 3. The van der Waals surface area contributed by atoms with Crippen molar-refractivity contribution in [1.82, 2.24) is 15.0 Å². The minimum atomic E-state index is -3.45. The molecule has 0 bridgehead atoms. The molecular formula is C13H17N5O5S. The highest BCUT2D eigenvalue weighted by molar-refractivity contribution is 7.92. The SMILES string of the molecule is COc1ccc(NC(=O)Cn2ncc(NS(C)(=O)=O)n2)c(OC)c1. The van der Waals surface area contributed by atoms with E-state index < -0.39 is 15.9 Å². The molecule has 0 aliphatic heterocycles. The normalized spacial score (nSPS) is 11.0. The number of methoxy groups -OCH3 is 2. The smallest absolute Gasteiger partial charge is 0.248 e. The summed E-state index contributed by atoms with van der Waals surface area (Å²) in [6.07, 6.45) is 2.21. The van der Waals surface area contributed by atoms with E-state index in [1.807, 2.05) is 0 Å². The van der Waals surface area contributed by atoms with Gasteiger partial charge in [-0.05, 0) is 12.1 Å². The predicted molar refractivity (Wildman–Crippen MR) is 86.7 cm³/mol. The van der Waals surface area contributed by atoms with E-state index in [-0.39, 0.29) is 12.4 Å². The third kappa shape index (κ3) is 4.84. The van der Waals surface area contributed by atoms with Crippen LogP contribution in [0.4, 0.5) is 11.5 Å². The summed E-state index contributed by atoms with van der Waals surface area (Å²) in [6, 6.07) is 4.96. The van der Waals surface area contributed by atoms with Crippen LogP contribution in [0.25, 0.3) is 0 Å². The Labute approximate surface area is 138 Å². The van der Waals surface area contributed by atoms with Crippen LogP contribution in [-0.2, 0) is 21.4 Å². The van der Waals surface area contributed by atoms with Gasteiger partial charge in [-0.15, -0.1) is 5.10 Å². The largest absolute Gasteiger partial charge is 0.497 e. The lowest BCUT2D eigenvalue weighted by Crippen LogP contribution is -2.21. The average molecular weight is 355 g/mol. The molecule has 0 radical (unpaired) electrons. The quantitative estimate of drug-likeness (QED) is 0.732. The summed E-state index contributed by atoms with van der Waals surface area (Å²) in [4.78, 5) is 13.1. The maximum absolute atomic E-state index is 12.1. The number of sulfonamides is 1. The highest BCUT2D eigenvalue weighted by atomic mass is 32.2. The molecule has 11 heteroatoms. The van der Waals surface area contributed by atoms with Crippen LogP contribution in [0.15, 0.2) is 24.4 Å². The lowest BCUT2D eigenvalue weighted by molar-refractivity contribution is -0.117. The van der Waals surface area contributed by atoms with Gasteiger partial charge in [0.15, 0.2) is 5.82 Å². The van der Waals surface area contributed by atoms with Gasteiger partial charge in [-0.3, -0.25) is 9.52 Å². The van der Waals surface area contributed by atoms with E-state index in [1.54, 1.807) is 18.2 Å². The second kappa shape index (κ2) is 7.17. The second-order valence-electron chi connectivity index (χ2n) is 4.75. The number of carbonyl (C=O) groups is 1. The average Bonchev–Trinajstić information content (AvgIpc) is 2.92. The topological polar surface area (TPSA) is 124 Å². The molecule has 0 aliphatic rings. The molecule has 2 rings (SSSR count). The van der Waals surface area contributed by atoms with E-state index in [9.17, 15) is 13.2 Å². The van der Waals surface area contributed by atoms with Crippen molar-refractivity contribution in [1.29, 1.82) is 0 Å². The molecule has 0 fully saturated rings. The lowest BCUT2D eigenvalue weighted by atomic mass is 10.2. The zero-order valence-corrected chi connectivity index (χ0v) is 14.1. The first-order valence-corrected chi connectivity index (χ1v) is 8.59. The second-order valence-corrected chi connectivity index (χ2v) is 6.50. The summed E-state index contributed by atoms with van der Waals surface area (Å²) in [5, 5.41) is 10.3. The van der Waals surface area contributed by atoms with E-state index in [4.69, 9.17) is 9.47 Å². The first kappa shape index (κ1) is 17.5. The Morgan fingerprint density at radius 3 is 2.67 bits per heavy atom. The zero-order valence-electron chi connectivity index (χ0n) is 13.3. The third-order valence-corrected chi connectivity index (χ3v) is 3.37. The summed E-state index contributed by atoms with van der Waals surface area (Å²) in [7, 11) is -0.450. The van der Waals surface area contributed by atoms with Crippen molar-refractivity contribution in [3.63, 3.8) is 0 Å². The van der Waals surface area contributed by atoms with Crippen molar-refractivity contribution in [2.75, 3.05) is 30.5 Å². The summed E-state index contributed by atoms with van der Waals surface area (Å²) in [5.74, 6) is 0.665. The first-order valence-electron chi connectivity index (χ1n) is 6.70. The molecule has 130 valence electrons. The van der Waals surface area contributed by atoms with Gasteiger partial charge in [0, 0.05) is 6.07 Å². The fourth-order valence-electron chi connectivity index (χ4n) is 1.83. The number of rotatable bonds is 7. The van der Waals surface area contributed by atoms with Gasteiger partial charge in [-0.2, -0.15) is 9.90 Å². The van der Waals surface area contributed by atoms with E-state index in [0.717, 1.165) is 11.1 Å². The van der Waals surface area contributed by atoms with Gasteiger partial charge in [0.05, 0.1) is 32.4 Å². The van der Waals surface area contributed by atoms with Crippen LogP contribution in [0.3, 0.4) is 0 Å². The lowest BCUT2D eigenvalue weighted by Gasteiger charge is -2.11. The Balaban J connectivity index is 2.03. The van der Waals surface area contributed by atoms with Gasteiger partial charge in [0.2, 0.25) is 15.9 Å². The van der Waals surface area contributed by atoms with Crippen LogP contribution in [0.2, 0.25) is 0 Å². The van der Waals surface area contributed by atoms with E-state index in [0.29, 0.717) is 17.2 Å². The fourth-order valence-corrected chi connectivity index (χ4v) is 2.30. The van der Waals surface area contributed by atoms with Gasteiger partial charge >= 0.3 is 0 Å². The molecule has 0 saturated carbocycles. The summed E-state index contributed by atoms with van der Waals surface area (Å²) >= 11 is 0. The monoisotopic (exact) mass is 355 g/mol. The molecule has 10 nitrogen and oxygen atoms in total. The number of amides is 1. The van der Waals surface area contributed by atoms with Gasteiger partial charge in [-0.1, -0.05) is 0 Å². The van der Waals surface area contributed by atoms with E-state index in [1.165, 1.54) is 20.4 Å². The number of anilines is 2. The Bertz CT molecular complexity index is 833. The Hall–Kier alpha value is -2.82. The van der Waals surface area contributed by atoms with Gasteiger partial charge in [-0.25, -0.2) is 8.42 Å². The fraction of sp³-hybridized carbons (Fsp3) is 0.308. The number of ether oxygens (including phenoxy) is 2. The maximum Gasteiger partial charge on any atom is 0.248 e. The molecule has 2 aromatic rings. The molecule has 0 spiro atoms. The molecule has 1 aromatic heterocycles. The van der Waals surface area contributed by atoms with Crippen molar-refractivity contribution in [3.8, 4) is 11.5 Å². The van der Waals surface area contributed by atoms with Crippen molar-refractivity contribution < 1.29 is 22.7 Å². The molecule has 1 amide bonds. The minimum Gasteiger partial charge on any atom is -0.497 e. The molecule has 1 heterocycles. The molecule has 2 N–H and O–H groups in total. The number of carbonyl (C=O) groups excluding carboxylic acids is 1. The number of nitrogens with one attached hydrogen (secondary N) is 2. The minimum absolute atomic E-state index is 0.0346. The Morgan fingerprint density at radius 2 is 2.04 bits per heavy atom. The van der Waals surface area contributed by atoms with Crippen LogP contribution in [0, 0.1) is 0 Å². The molecular weight excluding hydrogens is 338 g/mol. The Kier molecular flexibility index (Phi) is 5.24. The number of benzene rings is 1. The molecule has 0 saturated heterocycles. The number of hydrogen-bond donors (Lipinski definition) is 2. The van der Waals surface area contributed by atoms with Crippen molar-refractivity contribution in [2.24, 2.45) is 0 Å². The van der Waals surface area contributed by atoms with Crippen molar-refractivity contribution in [2.45, 2.75) is 6.54 Å². The summed E-state index contributed by atoms with van der Waals surface area (Å²) in [6.45, 7) is -0.194. The number of hydrogen-bond acceptors (Lipinski definition) is 7. The van der Waals surface area contributed by atoms with Crippen LogP contribution >= 0.6 is 0 Å². The highest BCUT2D eigenvalue weighted by Gasteiger charge is 2.12. The molecule has 24 heavy (non-hydrogen) atoms. The van der Waals surface area contributed by atoms with Gasteiger partial charge in [0.25, 0.3) is 0 Å². The van der Waals surface area contributed by atoms with Crippen LogP contribution in [0.1, 0.15) is 0 Å². The molecule has 0 aliphatic carbocycles. The van der Waals surface area contributed by atoms with Crippen LogP contribution in [0.5, 0.6) is 11.5 Å². The van der Waals surface area contributed by atoms with Crippen LogP contribution < -0.4 is 19.5 Å². The molecule has 0 unspecified atom stereocenters. The van der Waals surface area contributed by atoms with Gasteiger partial charge in [0.1, 0.15) is 18.0 Å². The van der Waals surface area contributed by atoms with E-state index >= 15 is 0 Å². The molecule has 1 aromatic carbocycles. The summed E-state index contributed by atoms with van der Waals surface area (Å²) in [5.41, 5.74) is 0.463. The maximum atomic E-state index is 12.1. The zero-order chi connectivity index (χ0) is 17.7. The van der Waals surface area contributed by atoms with Gasteiger partial charge < -0.3 is 14.8 Å². The first-order chi connectivity index (χ1) is 11.3. The van der Waals surface area contributed by atoms with E-state index in [2.05, 4.69) is 20.2 Å². The van der Waals surface area contributed by atoms with Crippen molar-refractivity contribution in [3.05, 3.63) is 24.4 Å². The van der Waals surface area contributed by atoms with Crippen molar-refractivity contribution >= 4 is 27.4 Å². The third-order valence-electron chi connectivity index (χ3n) is 2.79. The standard InChI is InChI=1S/C13H17N5O5S/c1-22-9-4-5-10(11(6-9)23-2)15-13(19)8-18-14-7-12(16-18)17-24(3,20)21/h4-7H,8H2,1-3H3,(H,15,19)(H,16,17). The molecule has 0 atom stereocenters. The Morgan fingerprint density at radius 1 is 1.29 bits per heavy atom. The van der Waals surface area contributed by atoms with Crippen LogP contribution in [-0.4, -0.2) is 49.8 Å². The highest BCUT2D eigenvalue weighted by Crippen LogP contribution is 2.28.